The van der Waals surface area contributed by atoms with Crippen LogP contribution in [0.2, 0.25) is 0 Å². The maximum Gasteiger partial charge on any atom is 0.305 e. The first kappa shape index (κ1) is 27.9. The lowest BCUT2D eigenvalue weighted by atomic mass is 9.84. The van der Waals surface area contributed by atoms with E-state index in [0.29, 0.717) is 32.7 Å². The molecule has 1 aliphatic rings. The van der Waals surface area contributed by atoms with Crippen molar-refractivity contribution in [1.82, 2.24) is 21.3 Å². The highest BCUT2D eigenvalue weighted by atomic mass is 16.5. The summed E-state index contributed by atoms with van der Waals surface area (Å²) in [6.45, 7) is 3.98. The number of ketones is 1. The molecule has 1 amide bonds. The van der Waals surface area contributed by atoms with E-state index >= 15 is 0 Å². The predicted molar refractivity (Wildman–Crippen MR) is 114 cm³/mol. The normalized spacial score (nSPS) is 19.6. The molecule has 6 N–H and O–H groups in total. The maximum atomic E-state index is 12.5. The highest BCUT2D eigenvalue weighted by Gasteiger charge is 2.37. The summed E-state index contributed by atoms with van der Waals surface area (Å²) in [4.78, 5) is 46.3. The van der Waals surface area contributed by atoms with Crippen molar-refractivity contribution in [3.63, 3.8) is 0 Å². The van der Waals surface area contributed by atoms with Gasteiger partial charge >= 0.3 is 11.9 Å². The Balaban J connectivity index is 2.42. The molecule has 12 nitrogen and oxygen atoms in total. The molecule has 0 saturated heterocycles. The Morgan fingerprint density at radius 1 is 0.844 bits per heavy atom. The first-order valence-corrected chi connectivity index (χ1v) is 10.8. The molecule has 1 aliphatic carbocycles. The molecule has 0 spiro atoms. The smallest absolute Gasteiger partial charge is 0.305 e. The number of ether oxygens (including phenoxy) is 2. The molecular formula is C20H36N4O8. The fourth-order valence-electron chi connectivity index (χ4n) is 3.18. The number of likely N-dealkylation sites (N-methyl/N-ethyl adjacent to an activating group) is 1. The summed E-state index contributed by atoms with van der Waals surface area (Å²) in [6, 6.07) is -2.25. The Hall–Kier alpha value is -2.12. The Morgan fingerprint density at radius 3 is 1.81 bits per heavy atom. The zero-order valence-corrected chi connectivity index (χ0v) is 18.7. The first-order valence-electron chi connectivity index (χ1n) is 10.8. The lowest BCUT2D eigenvalue weighted by molar-refractivity contribution is -0.140. The van der Waals surface area contributed by atoms with Crippen molar-refractivity contribution in [1.29, 1.82) is 0 Å². The van der Waals surface area contributed by atoms with Crippen LogP contribution in [0.4, 0.5) is 0 Å². The van der Waals surface area contributed by atoms with Gasteiger partial charge in [0.2, 0.25) is 5.91 Å². The van der Waals surface area contributed by atoms with E-state index < -0.39 is 36.4 Å². The van der Waals surface area contributed by atoms with Crippen molar-refractivity contribution in [3.05, 3.63) is 0 Å². The summed E-state index contributed by atoms with van der Waals surface area (Å²) < 4.78 is 10.7. The van der Waals surface area contributed by atoms with Gasteiger partial charge in [-0.1, -0.05) is 0 Å². The number of Topliss-reactive ketones (excluding diaryl/α,β-unsaturated/α-hetero) is 1. The molecule has 0 aromatic rings. The van der Waals surface area contributed by atoms with Crippen LogP contribution in [0.3, 0.4) is 0 Å². The second-order valence-electron chi connectivity index (χ2n) is 7.65. The van der Waals surface area contributed by atoms with Gasteiger partial charge in [0.05, 0.1) is 51.4 Å². The fraction of sp³-hybridized carbons (Fsp3) is 0.800. The van der Waals surface area contributed by atoms with Gasteiger partial charge < -0.3 is 41.0 Å². The molecule has 0 aliphatic heterocycles. The van der Waals surface area contributed by atoms with Gasteiger partial charge in [-0.2, -0.15) is 0 Å². The zero-order chi connectivity index (χ0) is 23.9. The van der Waals surface area contributed by atoms with Crippen molar-refractivity contribution in [3.8, 4) is 0 Å². The third kappa shape index (κ3) is 11.5. The molecule has 0 aromatic carbocycles. The van der Waals surface area contributed by atoms with Gasteiger partial charge in [0.15, 0.2) is 0 Å². The third-order valence-electron chi connectivity index (χ3n) is 5.08. The van der Waals surface area contributed by atoms with Crippen LogP contribution in [0.25, 0.3) is 0 Å². The summed E-state index contributed by atoms with van der Waals surface area (Å²) in [5, 5.41) is 29.8. The average Bonchev–Trinajstić information content (AvgIpc) is 2.70. The monoisotopic (exact) mass is 460 g/mol. The van der Waals surface area contributed by atoms with Crippen LogP contribution < -0.4 is 21.3 Å². The fourth-order valence-corrected chi connectivity index (χ4v) is 3.18. The van der Waals surface area contributed by atoms with Crippen molar-refractivity contribution >= 4 is 23.6 Å². The summed E-state index contributed by atoms with van der Waals surface area (Å²) in [5.41, 5.74) is 0. The number of hydrogen-bond donors (Lipinski definition) is 6. The van der Waals surface area contributed by atoms with E-state index in [1.807, 2.05) is 7.05 Å². The summed E-state index contributed by atoms with van der Waals surface area (Å²) >= 11 is 0. The third-order valence-corrected chi connectivity index (χ3v) is 5.08. The Kier molecular flexibility index (Phi) is 13.6. The minimum atomic E-state index is -1.12. The molecule has 184 valence electrons. The minimum absolute atomic E-state index is 0.224. The highest BCUT2D eigenvalue weighted by molar-refractivity contribution is 5.86. The van der Waals surface area contributed by atoms with Crippen LogP contribution in [-0.4, -0.2) is 105 Å². The van der Waals surface area contributed by atoms with Crippen LogP contribution in [0.5, 0.6) is 0 Å². The van der Waals surface area contributed by atoms with Gasteiger partial charge in [-0.05, 0) is 26.8 Å². The average molecular weight is 461 g/mol. The zero-order valence-electron chi connectivity index (χ0n) is 18.7. The number of amides is 1. The molecule has 2 unspecified atom stereocenters. The van der Waals surface area contributed by atoms with E-state index in [1.54, 1.807) is 0 Å². The van der Waals surface area contributed by atoms with Crippen molar-refractivity contribution in [2.24, 2.45) is 0 Å². The lowest BCUT2D eigenvalue weighted by Gasteiger charge is -2.41. The Bertz CT molecular complexity index is 618. The van der Waals surface area contributed by atoms with Gasteiger partial charge in [0, 0.05) is 25.2 Å². The van der Waals surface area contributed by atoms with Crippen LogP contribution in [0.1, 0.15) is 32.6 Å². The molecule has 1 saturated carbocycles. The molecular weight excluding hydrogens is 424 g/mol. The summed E-state index contributed by atoms with van der Waals surface area (Å²) in [6.07, 6.45) is 0.626. The maximum absolute atomic E-state index is 12.5. The predicted octanol–water partition coefficient (Wildman–Crippen LogP) is -1.66. The number of carbonyl (C=O) groups excluding carboxylic acids is 2. The Labute approximate surface area is 187 Å². The second-order valence-corrected chi connectivity index (χ2v) is 7.65. The van der Waals surface area contributed by atoms with Crippen LogP contribution in [0, 0.1) is 0 Å². The Morgan fingerprint density at radius 2 is 1.34 bits per heavy atom. The van der Waals surface area contributed by atoms with Gasteiger partial charge in [0.25, 0.3) is 0 Å². The molecule has 12 heteroatoms. The van der Waals surface area contributed by atoms with Crippen LogP contribution in [0.15, 0.2) is 0 Å². The molecule has 1 fully saturated rings. The summed E-state index contributed by atoms with van der Waals surface area (Å²) in [7, 11) is 1.83. The molecule has 0 bridgehead atoms. The van der Waals surface area contributed by atoms with Gasteiger partial charge in [-0.25, -0.2) is 0 Å². The lowest BCUT2D eigenvalue weighted by Crippen LogP contribution is -2.63. The number of carbonyl (C=O) groups is 4. The van der Waals surface area contributed by atoms with Crippen molar-refractivity contribution in [2.75, 3.05) is 46.6 Å². The topological polar surface area (TPSA) is 175 Å². The van der Waals surface area contributed by atoms with Crippen LogP contribution >= 0.6 is 0 Å². The van der Waals surface area contributed by atoms with Crippen molar-refractivity contribution < 1.29 is 38.9 Å². The molecule has 0 radical (unpaired) electrons. The summed E-state index contributed by atoms with van der Waals surface area (Å²) in [5.74, 6) is -2.95. The van der Waals surface area contributed by atoms with Gasteiger partial charge in [0.1, 0.15) is 5.78 Å². The number of carboxylic acid groups (broad SMARTS) is 2. The standard InChI is InChI=1S/C20H36N4O8/c1-13(25)16(11-18(26)27)23-14-3-4-15(14)24-17(12-19(28)29)20(30)22-6-8-32-10-9-31-7-5-21-2/h14-17,21,23-24H,3-12H2,1-2H3,(H,22,30)(H,26,27)(H,28,29)/t14?,15?,16-,17-/m0/s1. The van der Waals surface area contributed by atoms with E-state index in [9.17, 15) is 19.2 Å². The molecule has 4 atom stereocenters. The molecule has 0 aromatic heterocycles. The molecule has 0 heterocycles. The number of aliphatic carboxylic acids is 2. The van der Waals surface area contributed by atoms with Crippen molar-refractivity contribution in [2.45, 2.75) is 56.8 Å². The minimum Gasteiger partial charge on any atom is -0.481 e. The van der Waals surface area contributed by atoms with E-state index in [0.717, 1.165) is 6.54 Å². The largest absolute Gasteiger partial charge is 0.481 e. The molecule has 32 heavy (non-hydrogen) atoms. The quantitative estimate of drug-likeness (QED) is 0.122. The SMILES string of the molecule is CNCCOCCOCCNC(=O)[C@H](CC(=O)O)NC1CCC1N[C@@H](CC(=O)O)C(C)=O. The number of hydrogen-bond acceptors (Lipinski definition) is 9. The van der Waals surface area contributed by atoms with Crippen LogP contribution in [-0.2, 0) is 28.7 Å². The van der Waals surface area contributed by atoms with Gasteiger partial charge in [-0.3, -0.25) is 19.2 Å². The second kappa shape index (κ2) is 15.6. The van der Waals surface area contributed by atoms with E-state index in [-0.39, 0.29) is 37.4 Å². The van der Waals surface area contributed by atoms with E-state index in [4.69, 9.17) is 19.7 Å². The van der Waals surface area contributed by atoms with Gasteiger partial charge in [-0.15, -0.1) is 0 Å². The number of nitrogens with one attached hydrogen (secondary N) is 4. The number of carboxylic acids is 2. The first-order chi connectivity index (χ1) is 15.2. The highest BCUT2D eigenvalue weighted by Crippen LogP contribution is 2.22. The van der Waals surface area contributed by atoms with E-state index in [1.165, 1.54) is 6.92 Å². The molecule has 1 rings (SSSR count). The number of rotatable bonds is 19. The van der Waals surface area contributed by atoms with E-state index in [2.05, 4.69) is 21.3 Å².